The van der Waals surface area contributed by atoms with Gasteiger partial charge >= 0.3 is 0 Å². The number of piperidine rings is 1. The molecule has 76 valence electrons. The Morgan fingerprint density at radius 1 is 1.31 bits per heavy atom. The lowest BCUT2D eigenvalue weighted by molar-refractivity contribution is 0.130. The van der Waals surface area contributed by atoms with Gasteiger partial charge in [0.2, 0.25) is 0 Å². The van der Waals surface area contributed by atoms with Crippen molar-refractivity contribution in [2.24, 2.45) is 0 Å². The van der Waals surface area contributed by atoms with Gasteiger partial charge in [-0.25, -0.2) is 4.39 Å². The topological polar surface area (TPSA) is 15.3 Å². The standard InChI is InChI=1S/C10H19FN2/c11-9-3-2-6-13(7-9)8-10-4-1-5-12-10/h9-10,12H,1-8H2. The van der Waals surface area contributed by atoms with Gasteiger partial charge in [-0.1, -0.05) is 0 Å². The van der Waals surface area contributed by atoms with E-state index < -0.39 is 6.17 Å². The summed E-state index contributed by atoms with van der Waals surface area (Å²) in [6.07, 6.45) is 3.79. The molecule has 13 heavy (non-hydrogen) atoms. The number of likely N-dealkylation sites (tertiary alicyclic amines) is 1. The number of rotatable bonds is 2. The zero-order valence-electron chi connectivity index (χ0n) is 8.14. The Morgan fingerprint density at radius 3 is 2.92 bits per heavy atom. The number of alkyl halides is 1. The SMILES string of the molecule is FC1CCCN(CC2CCCN2)C1. The molecule has 2 saturated heterocycles. The molecule has 2 rings (SSSR count). The molecule has 0 spiro atoms. The van der Waals surface area contributed by atoms with Gasteiger partial charge < -0.3 is 5.32 Å². The average Bonchev–Trinajstić information content (AvgIpc) is 2.57. The number of halogens is 1. The van der Waals surface area contributed by atoms with Crippen LogP contribution in [0.15, 0.2) is 0 Å². The van der Waals surface area contributed by atoms with Crippen LogP contribution in [0.3, 0.4) is 0 Å². The van der Waals surface area contributed by atoms with Gasteiger partial charge in [0.15, 0.2) is 0 Å². The van der Waals surface area contributed by atoms with Gasteiger partial charge in [-0.05, 0) is 38.8 Å². The Balaban J connectivity index is 1.73. The van der Waals surface area contributed by atoms with E-state index in [0.29, 0.717) is 12.6 Å². The Kier molecular flexibility index (Phi) is 3.17. The smallest absolute Gasteiger partial charge is 0.113 e. The van der Waals surface area contributed by atoms with Crippen LogP contribution in [0.25, 0.3) is 0 Å². The molecule has 0 aromatic heterocycles. The summed E-state index contributed by atoms with van der Waals surface area (Å²) in [5.41, 5.74) is 0. The third-order valence-electron chi connectivity index (χ3n) is 3.09. The monoisotopic (exact) mass is 186 g/mol. The molecule has 2 aliphatic heterocycles. The van der Waals surface area contributed by atoms with Gasteiger partial charge in [0.05, 0.1) is 0 Å². The predicted octanol–water partition coefficient (Wildman–Crippen LogP) is 1.17. The molecule has 2 atom stereocenters. The number of hydrogen-bond acceptors (Lipinski definition) is 2. The van der Waals surface area contributed by atoms with Crippen molar-refractivity contribution < 1.29 is 4.39 Å². The fourth-order valence-electron chi connectivity index (χ4n) is 2.39. The Bertz CT molecular complexity index is 157. The van der Waals surface area contributed by atoms with Gasteiger partial charge in [0.25, 0.3) is 0 Å². The molecule has 0 radical (unpaired) electrons. The lowest BCUT2D eigenvalue weighted by Gasteiger charge is -2.30. The summed E-state index contributed by atoms with van der Waals surface area (Å²) in [7, 11) is 0. The summed E-state index contributed by atoms with van der Waals surface area (Å²) < 4.78 is 13.0. The van der Waals surface area contributed by atoms with Crippen molar-refractivity contribution in [2.75, 3.05) is 26.2 Å². The lowest BCUT2D eigenvalue weighted by Crippen LogP contribution is -2.43. The summed E-state index contributed by atoms with van der Waals surface area (Å²) in [4.78, 5) is 2.27. The largest absolute Gasteiger partial charge is 0.313 e. The highest BCUT2D eigenvalue weighted by molar-refractivity contribution is 4.81. The van der Waals surface area contributed by atoms with Gasteiger partial charge in [0, 0.05) is 19.1 Å². The van der Waals surface area contributed by atoms with E-state index in [-0.39, 0.29) is 0 Å². The molecule has 0 aromatic carbocycles. The molecule has 0 aromatic rings. The summed E-state index contributed by atoms with van der Waals surface area (Å²) in [5.74, 6) is 0. The van der Waals surface area contributed by atoms with Crippen LogP contribution in [0.1, 0.15) is 25.7 Å². The van der Waals surface area contributed by atoms with E-state index in [1.165, 1.54) is 12.8 Å². The van der Waals surface area contributed by atoms with Crippen molar-refractivity contribution in [3.05, 3.63) is 0 Å². The molecular formula is C10H19FN2. The maximum Gasteiger partial charge on any atom is 0.113 e. The first kappa shape index (κ1) is 9.41. The first-order valence-electron chi connectivity index (χ1n) is 5.44. The molecule has 0 aliphatic carbocycles. The van der Waals surface area contributed by atoms with E-state index in [4.69, 9.17) is 0 Å². The zero-order chi connectivity index (χ0) is 9.10. The maximum absolute atomic E-state index is 13.0. The highest BCUT2D eigenvalue weighted by Gasteiger charge is 2.23. The predicted molar refractivity (Wildman–Crippen MR) is 51.6 cm³/mol. The first-order chi connectivity index (χ1) is 6.34. The van der Waals surface area contributed by atoms with Crippen molar-refractivity contribution >= 4 is 0 Å². The Labute approximate surface area is 79.5 Å². The number of nitrogens with one attached hydrogen (secondary N) is 1. The second-order valence-corrected chi connectivity index (χ2v) is 4.29. The highest BCUT2D eigenvalue weighted by atomic mass is 19.1. The molecule has 2 unspecified atom stereocenters. The second kappa shape index (κ2) is 4.38. The van der Waals surface area contributed by atoms with Crippen LogP contribution in [0.2, 0.25) is 0 Å². The summed E-state index contributed by atoms with van der Waals surface area (Å²) in [5, 5.41) is 3.45. The van der Waals surface area contributed by atoms with Crippen LogP contribution in [0.5, 0.6) is 0 Å². The molecule has 3 heteroatoms. The normalized spacial score (nSPS) is 36.7. The van der Waals surface area contributed by atoms with Crippen molar-refractivity contribution in [2.45, 2.75) is 37.9 Å². The molecule has 2 fully saturated rings. The molecule has 2 aliphatic rings. The third-order valence-corrected chi connectivity index (χ3v) is 3.09. The molecule has 0 bridgehead atoms. The molecule has 0 saturated carbocycles. The third kappa shape index (κ3) is 2.64. The molecule has 2 nitrogen and oxygen atoms in total. The quantitative estimate of drug-likeness (QED) is 0.696. The van der Waals surface area contributed by atoms with Gasteiger partial charge in [0.1, 0.15) is 6.17 Å². The van der Waals surface area contributed by atoms with E-state index in [0.717, 1.165) is 32.5 Å². The summed E-state index contributed by atoms with van der Waals surface area (Å²) in [6.45, 7) is 3.97. The molecule has 1 N–H and O–H groups in total. The van der Waals surface area contributed by atoms with Crippen molar-refractivity contribution in [3.8, 4) is 0 Å². The minimum atomic E-state index is -0.574. The van der Waals surface area contributed by atoms with E-state index in [2.05, 4.69) is 10.2 Å². The van der Waals surface area contributed by atoms with Crippen LogP contribution in [-0.2, 0) is 0 Å². The van der Waals surface area contributed by atoms with Crippen LogP contribution in [0, 0.1) is 0 Å². The summed E-state index contributed by atoms with van der Waals surface area (Å²) >= 11 is 0. The van der Waals surface area contributed by atoms with E-state index in [1.807, 2.05) is 0 Å². The van der Waals surface area contributed by atoms with Crippen molar-refractivity contribution in [3.63, 3.8) is 0 Å². The molecular weight excluding hydrogens is 167 g/mol. The first-order valence-corrected chi connectivity index (χ1v) is 5.44. The zero-order valence-corrected chi connectivity index (χ0v) is 8.14. The van der Waals surface area contributed by atoms with Crippen LogP contribution >= 0.6 is 0 Å². The van der Waals surface area contributed by atoms with Crippen LogP contribution in [0.4, 0.5) is 4.39 Å². The van der Waals surface area contributed by atoms with Gasteiger partial charge in [-0.15, -0.1) is 0 Å². The number of nitrogens with zero attached hydrogens (tertiary/aromatic N) is 1. The van der Waals surface area contributed by atoms with Gasteiger partial charge in [-0.2, -0.15) is 0 Å². The lowest BCUT2D eigenvalue weighted by atomic mass is 10.1. The van der Waals surface area contributed by atoms with Gasteiger partial charge in [-0.3, -0.25) is 4.90 Å². The van der Waals surface area contributed by atoms with E-state index >= 15 is 0 Å². The highest BCUT2D eigenvalue weighted by Crippen LogP contribution is 2.15. The summed E-state index contributed by atoms with van der Waals surface area (Å²) in [6, 6.07) is 0.630. The molecule has 0 amide bonds. The van der Waals surface area contributed by atoms with Crippen LogP contribution in [-0.4, -0.2) is 43.3 Å². The minimum absolute atomic E-state index is 0.574. The second-order valence-electron chi connectivity index (χ2n) is 4.29. The minimum Gasteiger partial charge on any atom is -0.313 e. The van der Waals surface area contributed by atoms with Crippen LogP contribution < -0.4 is 5.32 Å². The maximum atomic E-state index is 13.0. The van der Waals surface area contributed by atoms with E-state index in [9.17, 15) is 4.39 Å². The number of hydrogen-bond donors (Lipinski definition) is 1. The Hall–Kier alpha value is -0.150. The Morgan fingerprint density at radius 2 is 2.23 bits per heavy atom. The average molecular weight is 186 g/mol. The molecule has 2 heterocycles. The fourth-order valence-corrected chi connectivity index (χ4v) is 2.39. The fraction of sp³-hybridized carbons (Fsp3) is 1.00. The van der Waals surface area contributed by atoms with Crippen molar-refractivity contribution in [1.29, 1.82) is 0 Å². The van der Waals surface area contributed by atoms with Crippen molar-refractivity contribution in [1.82, 2.24) is 10.2 Å². The van der Waals surface area contributed by atoms with E-state index in [1.54, 1.807) is 0 Å².